The van der Waals surface area contributed by atoms with Crippen molar-refractivity contribution >= 4 is 40.7 Å². The molecule has 7 nitrogen and oxygen atoms in total. The van der Waals surface area contributed by atoms with Crippen molar-refractivity contribution in [1.29, 1.82) is 0 Å². The first-order valence-electron chi connectivity index (χ1n) is 11.1. The zero-order valence-electron chi connectivity index (χ0n) is 18.4. The van der Waals surface area contributed by atoms with E-state index >= 15 is 0 Å². The number of amides is 2. The molecule has 2 amide bonds. The van der Waals surface area contributed by atoms with Gasteiger partial charge in [-0.3, -0.25) is 19.7 Å². The van der Waals surface area contributed by atoms with Gasteiger partial charge < -0.3 is 10.2 Å². The number of carbonyl (C=O) groups is 2. The molecule has 1 fully saturated rings. The molecule has 0 aromatic heterocycles. The Balaban J connectivity index is 1.92. The smallest absolute Gasteiger partial charge is 0.273 e. The average molecular weight is 492 g/mol. The predicted octanol–water partition coefficient (Wildman–Crippen LogP) is 5.31. The first kappa shape index (κ1) is 25.0. The molecule has 33 heavy (non-hydrogen) atoms. The Morgan fingerprint density at radius 1 is 1.12 bits per heavy atom. The van der Waals surface area contributed by atoms with Gasteiger partial charge in [-0.1, -0.05) is 67.2 Å². The van der Waals surface area contributed by atoms with Gasteiger partial charge >= 0.3 is 0 Å². The van der Waals surface area contributed by atoms with Crippen LogP contribution in [0.2, 0.25) is 10.0 Å². The van der Waals surface area contributed by atoms with Crippen molar-refractivity contribution in [2.24, 2.45) is 0 Å². The maximum atomic E-state index is 13.5. The van der Waals surface area contributed by atoms with Gasteiger partial charge in [-0.25, -0.2) is 0 Å². The molecule has 2 aromatic carbocycles. The number of nitro benzene ring substituents is 1. The van der Waals surface area contributed by atoms with Gasteiger partial charge in [0.2, 0.25) is 11.8 Å². The number of nitrogens with one attached hydrogen (secondary N) is 1. The summed E-state index contributed by atoms with van der Waals surface area (Å²) in [4.78, 5) is 39.0. The quantitative estimate of drug-likeness (QED) is 0.379. The second-order valence-corrected chi connectivity index (χ2v) is 9.01. The number of halogens is 2. The number of nitrogens with zero attached hydrogens (tertiary/aromatic N) is 2. The topological polar surface area (TPSA) is 92.6 Å². The fourth-order valence-corrected chi connectivity index (χ4v) is 4.76. The number of hydrogen-bond donors (Lipinski definition) is 1. The van der Waals surface area contributed by atoms with E-state index in [2.05, 4.69) is 5.32 Å². The molecule has 1 N–H and O–H groups in total. The van der Waals surface area contributed by atoms with Crippen molar-refractivity contribution < 1.29 is 14.5 Å². The zero-order valence-corrected chi connectivity index (χ0v) is 19.9. The van der Waals surface area contributed by atoms with E-state index in [4.69, 9.17) is 23.2 Å². The maximum absolute atomic E-state index is 13.5. The maximum Gasteiger partial charge on any atom is 0.273 e. The highest BCUT2D eigenvalue weighted by Gasteiger charge is 2.32. The fraction of sp³-hybridized carbons (Fsp3) is 0.417. The first-order valence-corrected chi connectivity index (χ1v) is 11.8. The van der Waals surface area contributed by atoms with E-state index in [1.54, 1.807) is 36.4 Å². The minimum atomic E-state index is -0.756. The van der Waals surface area contributed by atoms with E-state index in [0.717, 1.165) is 25.7 Å². The Morgan fingerprint density at radius 3 is 2.36 bits per heavy atom. The Labute approximate surface area is 203 Å². The third-order valence-corrected chi connectivity index (χ3v) is 6.72. The molecular weight excluding hydrogens is 465 g/mol. The van der Waals surface area contributed by atoms with Crippen LogP contribution in [0.3, 0.4) is 0 Å². The lowest BCUT2D eigenvalue weighted by Crippen LogP contribution is -2.51. The van der Waals surface area contributed by atoms with E-state index in [9.17, 15) is 19.7 Å². The molecule has 9 heteroatoms. The summed E-state index contributed by atoms with van der Waals surface area (Å²) in [5.74, 6) is -0.641. The molecule has 0 bridgehead atoms. The van der Waals surface area contributed by atoms with Crippen LogP contribution in [0.25, 0.3) is 0 Å². The number of hydrogen-bond acceptors (Lipinski definition) is 4. The Kier molecular flexibility index (Phi) is 8.69. The van der Waals surface area contributed by atoms with Gasteiger partial charge in [0.1, 0.15) is 6.04 Å². The van der Waals surface area contributed by atoms with Crippen molar-refractivity contribution in [3.63, 3.8) is 0 Å². The molecule has 1 saturated carbocycles. The monoisotopic (exact) mass is 491 g/mol. The van der Waals surface area contributed by atoms with Gasteiger partial charge in [0, 0.05) is 39.8 Å². The molecule has 1 unspecified atom stereocenters. The Bertz CT molecular complexity index is 1000. The molecule has 0 radical (unpaired) electrons. The van der Waals surface area contributed by atoms with Crippen LogP contribution in [-0.4, -0.2) is 33.7 Å². The number of nitro groups is 1. The Hall–Kier alpha value is -2.64. The summed E-state index contributed by atoms with van der Waals surface area (Å²) in [6.45, 7) is 1.85. The summed E-state index contributed by atoms with van der Waals surface area (Å²) in [5.41, 5.74) is 0.683. The summed E-state index contributed by atoms with van der Waals surface area (Å²) in [6, 6.07) is 10.5. The predicted molar refractivity (Wildman–Crippen MR) is 128 cm³/mol. The molecule has 1 aliphatic rings. The van der Waals surface area contributed by atoms with Gasteiger partial charge in [-0.2, -0.15) is 0 Å². The summed E-state index contributed by atoms with van der Waals surface area (Å²) in [6.07, 6.45) is 4.13. The van der Waals surface area contributed by atoms with E-state index in [1.165, 1.54) is 11.0 Å². The summed E-state index contributed by atoms with van der Waals surface area (Å²) in [7, 11) is 0. The second-order valence-electron chi connectivity index (χ2n) is 8.20. The molecular formula is C24H27Cl2N3O4. The molecule has 0 spiro atoms. The van der Waals surface area contributed by atoms with E-state index in [1.807, 2.05) is 6.92 Å². The molecule has 0 saturated heterocycles. The van der Waals surface area contributed by atoms with Crippen LogP contribution in [0.1, 0.15) is 50.2 Å². The highest BCUT2D eigenvalue weighted by atomic mass is 35.5. The largest absolute Gasteiger partial charge is 0.352 e. The van der Waals surface area contributed by atoms with E-state index < -0.39 is 16.9 Å². The van der Waals surface area contributed by atoms with E-state index in [0.29, 0.717) is 22.0 Å². The summed E-state index contributed by atoms with van der Waals surface area (Å²) in [5, 5.41) is 15.3. The minimum Gasteiger partial charge on any atom is -0.352 e. The number of rotatable bonds is 9. The second kappa shape index (κ2) is 11.5. The highest BCUT2D eigenvalue weighted by molar-refractivity contribution is 6.36. The van der Waals surface area contributed by atoms with Crippen LogP contribution in [0.4, 0.5) is 5.69 Å². The lowest BCUT2D eigenvalue weighted by molar-refractivity contribution is -0.385. The summed E-state index contributed by atoms with van der Waals surface area (Å²) >= 11 is 12.7. The van der Waals surface area contributed by atoms with E-state index in [-0.39, 0.29) is 36.2 Å². The van der Waals surface area contributed by atoms with Crippen LogP contribution >= 0.6 is 23.2 Å². The Morgan fingerprint density at radius 2 is 1.76 bits per heavy atom. The lowest BCUT2D eigenvalue weighted by atomic mass is 10.0. The van der Waals surface area contributed by atoms with Crippen molar-refractivity contribution in [3.05, 3.63) is 73.8 Å². The van der Waals surface area contributed by atoms with Crippen LogP contribution < -0.4 is 5.32 Å². The molecule has 3 rings (SSSR count). The molecule has 0 heterocycles. The highest BCUT2D eigenvalue weighted by Crippen LogP contribution is 2.28. The standard InChI is InChI=1S/C24H27Cl2N3O4/c1-2-21(24(31)27-17-9-4-5-10-17)28(15-18-19(25)11-7-12-20(18)26)23(30)14-16-8-3-6-13-22(16)29(32)33/h3,6-8,11-13,17,21H,2,4-5,9-10,14-15H2,1H3,(H,27,31). The van der Waals surface area contributed by atoms with Gasteiger partial charge in [-0.05, 0) is 31.4 Å². The molecule has 176 valence electrons. The van der Waals surface area contributed by atoms with Crippen LogP contribution in [0.15, 0.2) is 42.5 Å². The SMILES string of the molecule is CCC(C(=O)NC1CCCC1)N(Cc1c(Cl)cccc1Cl)C(=O)Cc1ccccc1[N+](=O)[O-]. The van der Waals surface area contributed by atoms with Crippen LogP contribution in [-0.2, 0) is 22.6 Å². The van der Waals surface area contributed by atoms with Crippen molar-refractivity contribution in [2.45, 2.75) is 64.1 Å². The first-order chi connectivity index (χ1) is 15.8. The van der Waals surface area contributed by atoms with Gasteiger partial charge in [-0.15, -0.1) is 0 Å². The van der Waals surface area contributed by atoms with Gasteiger partial charge in [0.05, 0.1) is 11.3 Å². The number of benzene rings is 2. The average Bonchev–Trinajstić information content (AvgIpc) is 3.28. The molecule has 2 aromatic rings. The van der Waals surface area contributed by atoms with Gasteiger partial charge in [0.25, 0.3) is 5.69 Å². The van der Waals surface area contributed by atoms with Crippen LogP contribution in [0, 0.1) is 10.1 Å². The van der Waals surface area contributed by atoms with Gasteiger partial charge in [0.15, 0.2) is 0 Å². The van der Waals surface area contributed by atoms with Crippen molar-refractivity contribution in [1.82, 2.24) is 10.2 Å². The number of carbonyl (C=O) groups excluding carboxylic acids is 2. The van der Waals surface area contributed by atoms with Crippen LogP contribution in [0.5, 0.6) is 0 Å². The lowest BCUT2D eigenvalue weighted by Gasteiger charge is -2.32. The molecule has 1 aliphatic carbocycles. The normalized spacial score (nSPS) is 14.6. The number of para-hydroxylation sites is 1. The molecule has 1 atom stereocenters. The van der Waals surface area contributed by atoms with Crippen molar-refractivity contribution in [3.8, 4) is 0 Å². The van der Waals surface area contributed by atoms with Crippen molar-refractivity contribution in [2.75, 3.05) is 0 Å². The third kappa shape index (κ3) is 6.24. The fourth-order valence-electron chi connectivity index (χ4n) is 4.24. The minimum absolute atomic E-state index is 0.0224. The molecule has 0 aliphatic heterocycles. The third-order valence-electron chi connectivity index (χ3n) is 6.01. The summed E-state index contributed by atoms with van der Waals surface area (Å²) < 4.78 is 0. The zero-order chi connectivity index (χ0) is 24.0.